The van der Waals surface area contributed by atoms with Gasteiger partial charge in [0.05, 0.1) is 27.8 Å². The third-order valence-electron chi connectivity index (χ3n) is 6.43. The van der Waals surface area contributed by atoms with E-state index in [0.717, 1.165) is 5.01 Å². The first-order valence-electron chi connectivity index (χ1n) is 13.0. The van der Waals surface area contributed by atoms with E-state index in [4.69, 9.17) is 11.5 Å². The van der Waals surface area contributed by atoms with Gasteiger partial charge >= 0.3 is 0 Å². The molecule has 0 saturated carbocycles. The van der Waals surface area contributed by atoms with Crippen molar-refractivity contribution in [2.45, 2.75) is 0 Å². The lowest BCUT2D eigenvalue weighted by Gasteiger charge is -2.19. The molecule has 5 amide bonds. The lowest BCUT2D eigenvalue weighted by molar-refractivity contribution is 0.0517. The van der Waals surface area contributed by atoms with Crippen LogP contribution in [-0.4, -0.2) is 63.1 Å². The lowest BCUT2D eigenvalue weighted by Crippen LogP contribution is -2.45. The molecule has 0 radical (unpaired) electrons. The first-order chi connectivity index (χ1) is 21.4. The predicted molar refractivity (Wildman–Crippen MR) is 161 cm³/mol. The molecule has 1 heterocycles. The summed E-state index contributed by atoms with van der Waals surface area (Å²) in [4.78, 5) is 71.8. The number of nitrogens with one attached hydrogen (secondary N) is 2. The van der Waals surface area contributed by atoms with E-state index in [1.807, 2.05) is 0 Å². The van der Waals surface area contributed by atoms with Crippen LogP contribution in [0.5, 0.6) is 11.5 Å². The Bertz CT molecular complexity index is 1820. The van der Waals surface area contributed by atoms with Gasteiger partial charge in [-0.3, -0.25) is 44.6 Å². The van der Waals surface area contributed by atoms with E-state index in [1.54, 1.807) is 24.3 Å². The number of aromatic hydroxyl groups is 2. The molecule has 4 aromatic rings. The molecule has 14 nitrogen and oxygen atoms in total. The van der Waals surface area contributed by atoms with Gasteiger partial charge in [-0.05, 0) is 54.6 Å². The number of carbonyl (C=O) groups is 6. The van der Waals surface area contributed by atoms with E-state index < -0.39 is 29.5 Å². The molecule has 14 heteroatoms. The number of phenols is 2. The first kappa shape index (κ1) is 31.2. The number of nitrogens with zero attached hydrogens (tertiary/aromatic N) is 2. The summed E-state index contributed by atoms with van der Waals surface area (Å²) in [6.45, 7) is 0. The van der Waals surface area contributed by atoms with Crippen molar-refractivity contribution in [1.29, 1.82) is 0 Å². The number of benzene rings is 4. The van der Waals surface area contributed by atoms with Crippen molar-refractivity contribution < 1.29 is 39.0 Å². The summed E-state index contributed by atoms with van der Waals surface area (Å²) in [5.74, 6) is -3.89. The van der Waals surface area contributed by atoms with Gasteiger partial charge in [-0.25, -0.2) is 0 Å². The number of rotatable bonds is 5. The Morgan fingerprint density at radius 3 is 1.76 bits per heavy atom. The smallest absolute Gasteiger partial charge is 0.280 e. The molecule has 0 aromatic heterocycles. The molecule has 5 rings (SSSR count). The summed E-state index contributed by atoms with van der Waals surface area (Å²) in [6, 6.07) is 20.4. The standard InChI is InChI=1S/C16H15N3O4.C15H11N3O4/c1-19(16(23)12-5-3-2-4-10(12)9-20)18-15(22)13-8-11(17)6-7-14(13)21;16-8-5-6-12(19)11(7-8)13(20)17-18-14(21)9-3-1-2-4-10(9)15(18)22/h2-9,21H,17H2,1H3,(H,18,22);1-7,19H,16H2,(H,17,20). The Kier molecular flexibility index (Phi) is 9.08. The quantitative estimate of drug-likeness (QED) is 0.0634. The number of nitrogen functional groups attached to an aromatic ring is 2. The Morgan fingerprint density at radius 2 is 1.22 bits per heavy atom. The molecule has 0 atom stereocenters. The fraction of sp³-hybridized carbons (Fsp3) is 0.0323. The molecule has 8 N–H and O–H groups in total. The number of anilines is 2. The van der Waals surface area contributed by atoms with Crippen LogP contribution in [0.4, 0.5) is 11.4 Å². The maximum absolute atomic E-state index is 12.3. The number of carbonyl (C=O) groups excluding carboxylic acids is 6. The van der Waals surface area contributed by atoms with Crippen LogP contribution >= 0.6 is 0 Å². The second kappa shape index (κ2) is 13.1. The number of hydrogen-bond acceptors (Lipinski definition) is 10. The SMILES string of the molecule is CN(NC(=O)c1cc(N)ccc1O)C(=O)c1ccccc1C=O.Nc1ccc(O)c(C(=O)NN2C(=O)c3ccccc3C2=O)c1. The molecule has 4 aromatic carbocycles. The maximum atomic E-state index is 12.3. The van der Waals surface area contributed by atoms with Crippen LogP contribution < -0.4 is 22.3 Å². The number of hydrazine groups is 2. The number of aldehydes is 1. The second-order valence-electron chi connectivity index (χ2n) is 9.50. The molecule has 0 fully saturated rings. The van der Waals surface area contributed by atoms with Crippen molar-refractivity contribution in [3.8, 4) is 11.5 Å². The Hall–Kier alpha value is -6.70. The average Bonchev–Trinajstić information content (AvgIpc) is 3.27. The molecule has 1 aliphatic rings. The third kappa shape index (κ3) is 6.70. The van der Waals surface area contributed by atoms with Crippen LogP contribution in [0.2, 0.25) is 0 Å². The van der Waals surface area contributed by atoms with Crippen LogP contribution in [0, 0.1) is 0 Å². The number of amides is 5. The molecular weight excluding hydrogens is 584 g/mol. The van der Waals surface area contributed by atoms with Gasteiger partial charge in [0.1, 0.15) is 11.5 Å². The molecule has 1 aliphatic heterocycles. The molecule has 228 valence electrons. The van der Waals surface area contributed by atoms with Crippen LogP contribution in [0.1, 0.15) is 62.1 Å². The van der Waals surface area contributed by atoms with E-state index in [2.05, 4.69) is 10.9 Å². The maximum Gasteiger partial charge on any atom is 0.280 e. The van der Waals surface area contributed by atoms with Crippen molar-refractivity contribution in [2.24, 2.45) is 0 Å². The summed E-state index contributed by atoms with van der Waals surface area (Å²) in [6.07, 6.45) is 0.562. The highest BCUT2D eigenvalue weighted by molar-refractivity contribution is 6.22. The highest BCUT2D eigenvalue weighted by Crippen LogP contribution is 2.23. The van der Waals surface area contributed by atoms with Gasteiger partial charge in [0.2, 0.25) is 0 Å². The van der Waals surface area contributed by atoms with Crippen LogP contribution in [-0.2, 0) is 0 Å². The van der Waals surface area contributed by atoms with Crippen LogP contribution in [0.25, 0.3) is 0 Å². The third-order valence-corrected chi connectivity index (χ3v) is 6.43. The molecule has 0 saturated heterocycles. The number of phenolic OH excluding ortho intramolecular Hbond substituents is 2. The second-order valence-corrected chi connectivity index (χ2v) is 9.50. The number of fused-ring (bicyclic) bond motifs is 1. The van der Waals surface area contributed by atoms with Crippen molar-refractivity contribution >= 4 is 47.2 Å². The van der Waals surface area contributed by atoms with Gasteiger partial charge < -0.3 is 21.7 Å². The van der Waals surface area contributed by atoms with Gasteiger partial charge in [0.15, 0.2) is 6.29 Å². The Labute approximate surface area is 255 Å². The van der Waals surface area contributed by atoms with Gasteiger partial charge in [0.25, 0.3) is 29.5 Å². The number of hydrogen-bond donors (Lipinski definition) is 6. The van der Waals surface area contributed by atoms with E-state index in [9.17, 15) is 39.0 Å². The number of nitrogens with two attached hydrogens (primary N) is 2. The highest BCUT2D eigenvalue weighted by Gasteiger charge is 2.37. The van der Waals surface area contributed by atoms with Crippen LogP contribution in [0.3, 0.4) is 0 Å². The fourth-order valence-corrected chi connectivity index (χ4v) is 4.16. The van der Waals surface area contributed by atoms with Gasteiger partial charge in [-0.2, -0.15) is 5.01 Å². The topological polar surface area (TPSA) is 225 Å². The summed E-state index contributed by atoms with van der Waals surface area (Å²) >= 11 is 0. The summed E-state index contributed by atoms with van der Waals surface area (Å²) in [5, 5.41) is 20.9. The Balaban J connectivity index is 0.000000205. The molecule has 0 unspecified atom stereocenters. The van der Waals surface area contributed by atoms with Gasteiger partial charge in [-0.1, -0.05) is 30.3 Å². The molecule has 0 bridgehead atoms. The summed E-state index contributed by atoms with van der Waals surface area (Å²) in [5.41, 5.74) is 16.8. The van der Waals surface area contributed by atoms with Crippen LogP contribution in [0.15, 0.2) is 84.9 Å². The zero-order chi connectivity index (χ0) is 32.8. The van der Waals surface area contributed by atoms with Crippen molar-refractivity contribution in [3.63, 3.8) is 0 Å². The normalized spacial score (nSPS) is 11.5. The van der Waals surface area contributed by atoms with Crippen molar-refractivity contribution in [1.82, 2.24) is 20.9 Å². The minimum absolute atomic E-state index is 0.0617. The lowest BCUT2D eigenvalue weighted by atomic mass is 10.1. The van der Waals surface area contributed by atoms with Crippen molar-refractivity contribution in [2.75, 3.05) is 18.5 Å². The predicted octanol–water partition coefficient (Wildman–Crippen LogP) is 2.12. The van der Waals surface area contributed by atoms with E-state index in [-0.39, 0.29) is 50.6 Å². The first-order valence-corrected chi connectivity index (χ1v) is 13.0. The highest BCUT2D eigenvalue weighted by atomic mass is 16.3. The molecule has 0 spiro atoms. The minimum atomic E-state index is -0.806. The Morgan fingerprint density at radius 1 is 0.733 bits per heavy atom. The molecular formula is C31H26N6O8. The largest absolute Gasteiger partial charge is 0.507 e. The summed E-state index contributed by atoms with van der Waals surface area (Å²) < 4.78 is 0. The van der Waals surface area contributed by atoms with Crippen molar-refractivity contribution in [3.05, 3.63) is 118 Å². The monoisotopic (exact) mass is 610 g/mol. The number of imide groups is 1. The minimum Gasteiger partial charge on any atom is -0.507 e. The van der Waals surface area contributed by atoms with E-state index >= 15 is 0 Å². The summed E-state index contributed by atoms with van der Waals surface area (Å²) in [7, 11) is 1.34. The van der Waals surface area contributed by atoms with E-state index in [0.29, 0.717) is 17.0 Å². The van der Waals surface area contributed by atoms with Gasteiger partial charge in [-0.15, -0.1) is 0 Å². The van der Waals surface area contributed by atoms with Gasteiger partial charge in [0, 0.05) is 24.0 Å². The fourth-order valence-electron chi connectivity index (χ4n) is 4.16. The molecule has 45 heavy (non-hydrogen) atoms. The zero-order valence-electron chi connectivity index (χ0n) is 23.6. The molecule has 0 aliphatic carbocycles. The average molecular weight is 611 g/mol. The van der Waals surface area contributed by atoms with E-state index in [1.165, 1.54) is 67.7 Å². The zero-order valence-corrected chi connectivity index (χ0v) is 23.6.